The lowest BCUT2D eigenvalue weighted by Gasteiger charge is -2.14. The smallest absolute Gasteiger partial charge is 0.257 e. The molecule has 0 spiro atoms. The van der Waals surface area contributed by atoms with Crippen LogP contribution in [0.1, 0.15) is 34.6 Å². The summed E-state index contributed by atoms with van der Waals surface area (Å²) in [4.78, 5) is 24.4. The molecule has 8 heteroatoms. The largest absolute Gasteiger partial charge is 0.492 e. The van der Waals surface area contributed by atoms with E-state index >= 15 is 0 Å². The van der Waals surface area contributed by atoms with Gasteiger partial charge in [-0.3, -0.25) is 14.9 Å². The minimum absolute atomic E-state index is 0.0950. The van der Waals surface area contributed by atoms with Crippen LogP contribution in [-0.4, -0.2) is 30.6 Å². The highest BCUT2D eigenvalue weighted by molar-refractivity contribution is 9.10. The summed E-state index contributed by atoms with van der Waals surface area (Å²) in [5, 5.41) is 8.16. The third-order valence-electron chi connectivity index (χ3n) is 3.64. The lowest BCUT2D eigenvalue weighted by Crippen LogP contribution is -2.34. The molecular weight excluding hydrogens is 442 g/mol. The summed E-state index contributed by atoms with van der Waals surface area (Å²) in [6.07, 6.45) is 0. The highest BCUT2D eigenvalue weighted by atomic mass is 79.9. The molecule has 0 aliphatic heterocycles. The molecule has 2 rings (SSSR count). The van der Waals surface area contributed by atoms with Crippen molar-refractivity contribution in [3.8, 4) is 5.75 Å². The van der Waals surface area contributed by atoms with Crippen molar-refractivity contribution in [2.24, 2.45) is 5.92 Å². The Kier molecular flexibility index (Phi) is 7.95. The number of hydrogen-bond donors (Lipinski definition) is 3. The van der Waals surface area contributed by atoms with E-state index in [1.807, 2.05) is 0 Å². The summed E-state index contributed by atoms with van der Waals surface area (Å²) in [7, 11) is 1.55. The first-order valence-corrected chi connectivity index (χ1v) is 9.87. The predicted octanol–water partition coefficient (Wildman–Crippen LogP) is 3.97. The van der Waals surface area contributed by atoms with Crippen LogP contribution in [-0.2, 0) is 0 Å². The van der Waals surface area contributed by atoms with E-state index in [0.717, 1.165) is 0 Å². The Morgan fingerprint density at radius 1 is 1.14 bits per heavy atom. The third kappa shape index (κ3) is 6.03. The molecule has 0 aliphatic rings. The quantitative estimate of drug-likeness (QED) is 0.564. The molecule has 0 aromatic heterocycles. The Labute approximate surface area is 178 Å². The zero-order valence-corrected chi connectivity index (χ0v) is 18.2. The number of ether oxygens (including phenoxy) is 1. The second-order valence-electron chi connectivity index (χ2n) is 6.38. The van der Waals surface area contributed by atoms with E-state index in [9.17, 15) is 9.59 Å². The molecule has 2 amide bonds. The van der Waals surface area contributed by atoms with E-state index < -0.39 is 0 Å². The topological polar surface area (TPSA) is 79.5 Å². The molecule has 0 aliphatic carbocycles. The van der Waals surface area contributed by atoms with Gasteiger partial charge in [-0.2, -0.15) is 0 Å². The van der Waals surface area contributed by atoms with Crippen molar-refractivity contribution in [1.82, 2.24) is 10.6 Å². The highest BCUT2D eigenvalue weighted by Gasteiger charge is 2.14. The number of thiocarbonyl (C=S) groups is 1. The van der Waals surface area contributed by atoms with Gasteiger partial charge in [0.15, 0.2) is 5.11 Å². The summed E-state index contributed by atoms with van der Waals surface area (Å²) in [6, 6.07) is 12.0. The average molecular weight is 464 g/mol. The molecule has 2 aromatic rings. The minimum atomic E-state index is -0.369. The van der Waals surface area contributed by atoms with Gasteiger partial charge >= 0.3 is 0 Å². The first-order chi connectivity index (χ1) is 13.3. The van der Waals surface area contributed by atoms with Crippen LogP contribution in [0.3, 0.4) is 0 Å². The minimum Gasteiger partial charge on any atom is -0.492 e. The van der Waals surface area contributed by atoms with Gasteiger partial charge in [0.2, 0.25) is 0 Å². The van der Waals surface area contributed by atoms with Crippen molar-refractivity contribution in [3.63, 3.8) is 0 Å². The van der Waals surface area contributed by atoms with Crippen molar-refractivity contribution in [3.05, 3.63) is 58.1 Å². The van der Waals surface area contributed by atoms with Crippen molar-refractivity contribution in [2.75, 3.05) is 19.0 Å². The van der Waals surface area contributed by atoms with E-state index in [0.29, 0.717) is 39.6 Å². The molecule has 0 saturated carbocycles. The van der Waals surface area contributed by atoms with Gasteiger partial charge in [0, 0.05) is 12.6 Å². The van der Waals surface area contributed by atoms with Crippen LogP contribution in [0, 0.1) is 5.92 Å². The molecular formula is C20H22BrN3O3S. The summed E-state index contributed by atoms with van der Waals surface area (Å²) >= 11 is 8.63. The van der Waals surface area contributed by atoms with Gasteiger partial charge < -0.3 is 15.4 Å². The summed E-state index contributed by atoms with van der Waals surface area (Å²) in [6.45, 7) is 4.71. The van der Waals surface area contributed by atoms with Gasteiger partial charge in [0.25, 0.3) is 11.8 Å². The number of amides is 2. The molecule has 0 fully saturated rings. The summed E-state index contributed by atoms with van der Waals surface area (Å²) in [5.41, 5.74) is 1.36. The second-order valence-corrected chi connectivity index (χ2v) is 7.65. The number of carbonyl (C=O) groups excluding carboxylic acids is 2. The van der Waals surface area contributed by atoms with Gasteiger partial charge in [-0.25, -0.2) is 0 Å². The van der Waals surface area contributed by atoms with Crippen LogP contribution in [0.4, 0.5) is 5.69 Å². The molecule has 0 unspecified atom stereocenters. The number of benzene rings is 2. The number of nitrogens with one attached hydrogen (secondary N) is 3. The molecule has 0 saturated heterocycles. The standard InChI is InChI=1S/C20H22BrN3O3S/c1-12(2)11-27-17-9-8-13(10-15(17)21)18(25)24-20(28)23-16-7-5-4-6-14(16)19(26)22-3/h4-10,12H,11H2,1-3H3,(H,22,26)(H2,23,24,25,28). The Morgan fingerprint density at radius 3 is 2.50 bits per heavy atom. The third-order valence-corrected chi connectivity index (χ3v) is 4.46. The Balaban J connectivity index is 2.04. The van der Waals surface area contributed by atoms with Gasteiger partial charge in [0.05, 0.1) is 22.3 Å². The first kappa shape index (κ1) is 21.8. The van der Waals surface area contributed by atoms with Crippen molar-refractivity contribution < 1.29 is 14.3 Å². The molecule has 28 heavy (non-hydrogen) atoms. The van der Waals surface area contributed by atoms with Gasteiger partial charge in [-0.1, -0.05) is 26.0 Å². The van der Waals surface area contributed by atoms with Crippen LogP contribution in [0.15, 0.2) is 46.9 Å². The van der Waals surface area contributed by atoms with E-state index in [4.69, 9.17) is 17.0 Å². The molecule has 0 radical (unpaired) electrons. The number of carbonyl (C=O) groups is 2. The lowest BCUT2D eigenvalue weighted by molar-refractivity contribution is 0.0961. The van der Waals surface area contributed by atoms with Crippen LogP contribution in [0.25, 0.3) is 0 Å². The molecule has 148 valence electrons. The lowest BCUT2D eigenvalue weighted by atomic mass is 10.1. The number of hydrogen-bond acceptors (Lipinski definition) is 4. The fourth-order valence-corrected chi connectivity index (χ4v) is 2.97. The number of para-hydroxylation sites is 1. The van der Waals surface area contributed by atoms with Crippen molar-refractivity contribution in [1.29, 1.82) is 0 Å². The SMILES string of the molecule is CNC(=O)c1ccccc1NC(=S)NC(=O)c1ccc(OCC(C)C)c(Br)c1. The van der Waals surface area contributed by atoms with Crippen LogP contribution >= 0.6 is 28.1 Å². The van der Waals surface area contributed by atoms with E-state index in [-0.39, 0.29) is 16.9 Å². The fraction of sp³-hybridized carbons (Fsp3) is 0.250. The fourth-order valence-electron chi connectivity index (χ4n) is 2.27. The first-order valence-electron chi connectivity index (χ1n) is 8.67. The van der Waals surface area contributed by atoms with E-state index in [1.54, 1.807) is 49.5 Å². The maximum atomic E-state index is 12.5. The Hall–Kier alpha value is -2.45. The van der Waals surface area contributed by atoms with Crippen LogP contribution < -0.4 is 20.7 Å². The Morgan fingerprint density at radius 2 is 1.86 bits per heavy atom. The maximum absolute atomic E-state index is 12.5. The zero-order chi connectivity index (χ0) is 20.7. The van der Waals surface area contributed by atoms with E-state index in [2.05, 4.69) is 45.7 Å². The van der Waals surface area contributed by atoms with Crippen LogP contribution in [0.2, 0.25) is 0 Å². The van der Waals surface area contributed by atoms with E-state index in [1.165, 1.54) is 0 Å². The highest BCUT2D eigenvalue weighted by Crippen LogP contribution is 2.26. The van der Waals surface area contributed by atoms with Gasteiger partial charge in [0.1, 0.15) is 5.75 Å². The molecule has 0 atom stereocenters. The maximum Gasteiger partial charge on any atom is 0.257 e. The monoisotopic (exact) mass is 463 g/mol. The van der Waals surface area contributed by atoms with Gasteiger partial charge in [-0.05, 0) is 64.4 Å². The number of anilines is 1. The summed E-state index contributed by atoms with van der Waals surface area (Å²) in [5.74, 6) is 0.450. The average Bonchev–Trinajstić information content (AvgIpc) is 2.66. The zero-order valence-electron chi connectivity index (χ0n) is 15.8. The summed E-state index contributed by atoms with van der Waals surface area (Å²) < 4.78 is 6.37. The van der Waals surface area contributed by atoms with Crippen molar-refractivity contribution in [2.45, 2.75) is 13.8 Å². The molecule has 2 aromatic carbocycles. The van der Waals surface area contributed by atoms with Gasteiger partial charge in [-0.15, -0.1) is 0 Å². The molecule has 6 nitrogen and oxygen atoms in total. The van der Waals surface area contributed by atoms with Crippen molar-refractivity contribution >= 4 is 50.8 Å². The molecule has 0 bridgehead atoms. The molecule has 0 heterocycles. The predicted molar refractivity (Wildman–Crippen MR) is 118 cm³/mol. The normalized spacial score (nSPS) is 10.3. The van der Waals surface area contributed by atoms with Crippen LogP contribution in [0.5, 0.6) is 5.75 Å². The Bertz CT molecular complexity index is 887. The molecule has 3 N–H and O–H groups in total. The second kappa shape index (κ2) is 10.2. The number of halogens is 1. The number of rotatable bonds is 6.